The average Bonchev–Trinajstić information content (AvgIpc) is 2.59. The van der Waals surface area contributed by atoms with E-state index in [0.717, 1.165) is 11.3 Å². The highest BCUT2D eigenvalue weighted by Crippen LogP contribution is 2.24. The Balaban J connectivity index is 2.55. The minimum Gasteiger partial charge on any atom is -0.368 e. The van der Waals surface area contributed by atoms with Gasteiger partial charge in [0.15, 0.2) is 5.78 Å². The van der Waals surface area contributed by atoms with Crippen LogP contribution in [0.1, 0.15) is 27.3 Å². The van der Waals surface area contributed by atoms with Gasteiger partial charge in [0, 0.05) is 6.92 Å². The number of aryl methyl sites for hydroxylation is 1. The van der Waals surface area contributed by atoms with Crippen molar-refractivity contribution in [1.82, 2.24) is 4.98 Å². The van der Waals surface area contributed by atoms with E-state index in [0.29, 0.717) is 15.6 Å². The van der Waals surface area contributed by atoms with E-state index in [1.807, 2.05) is 0 Å². The Labute approximate surface area is 105 Å². The van der Waals surface area contributed by atoms with Gasteiger partial charge >= 0.3 is 12.3 Å². The molecule has 0 atom stereocenters. The zero-order valence-electron chi connectivity index (χ0n) is 9.68. The highest BCUT2D eigenvalue weighted by atomic mass is 32.1. The predicted molar refractivity (Wildman–Crippen MR) is 57.5 cm³/mol. The van der Waals surface area contributed by atoms with Crippen LogP contribution in [-0.2, 0) is 11.3 Å². The number of ketones is 1. The van der Waals surface area contributed by atoms with Crippen LogP contribution in [0.25, 0.3) is 0 Å². The van der Waals surface area contributed by atoms with Crippen molar-refractivity contribution in [3.8, 4) is 0 Å². The van der Waals surface area contributed by atoms with Crippen molar-refractivity contribution in [3.05, 3.63) is 15.6 Å². The number of carbonyl (C=O) groups is 1. The summed E-state index contributed by atoms with van der Waals surface area (Å²) >= 11 is 1.01. The van der Waals surface area contributed by atoms with E-state index in [1.54, 1.807) is 6.92 Å². The molecule has 0 saturated carbocycles. The quantitative estimate of drug-likeness (QED) is 0.595. The maximum atomic E-state index is 12.5. The van der Waals surface area contributed by atoms with Gasteiger partial charge in [-0.15, -0.1) is 11.3 Å². The molecule has 1 aromatic rings. The lowest BCUT2D eigenvalue weighted by atomic mass is 10.3. The molecule has 0 aromatic carbocycles. The fourth-order valence-corrected chi connectivity index (χ4v) is 2.08. The van der Waals surface area contributed by atoms with E-state index in [9.17, 15) is 22.4 Å². The van der Waals surface area contributed by atoms with Gasteiger partial charge in [0.05, 0.1) is 17.2 Å². The number of Topliss-reactive ketones (excluding diaryl/α,β-unsaturated/α-hetero) is 1. The number of halogens is 4. The van der Waals surface area contributed by atoms with E-state index in [2.05, 4.69) is 9.72 Å². The van der Waals surface area contributed by atoms with E-state index >= 15 is 0 Å². The molecular weight excluding hydrogens is 274 g/mol. The van der Waals surface area contributed by atoms with Crippen LogP contribution >= 0.6 is 11.3 Å². The number of rotatable bonds is 6. The largest absolute Gasteiger partial charge is 0.368 e. The highest BCUT2D eigenvalue weighted by molar-refractivity contribution is 7.13. The van der Waals surface area contributed by atoms with Crippen LogP contribution < -0.4 is 0 Å². The molecule has 0 aliphatic rings. The summed E-state index contributed by atoms with van der Waals surface area (Å²) in [6.45, 7) is 1.26. The van der Waals surface area contributed by atoms with E-state index in [1.165, 1.54) is 6.92 Å². The van der Waals surface area contributed by atoms with Gasteiger partial charge in [-0.1, -0.05) is 0 Å². The summed E-state index contributed by atoms with van der Waals surface area (Å²) in [5.74, 6) is -4.36. The van der Waals surface area contributed by atoms with Gasteiger partial charge in [-0.2, -0.15) is 8.78 Å². The molecule has 18 heavy (non-hydrogen) atoms. The second kappa shape index (κ2) is 5.75. The van der Waals surface area contributed by atoms with Crippen LogP contribution in [0.2, 0.25) is 0 Å². The van der Waals surface area contributed by atoms with Gasteiger partial charge in [-0.3, -0.25) is 4.79 Å². The molecule has 102 valence electrons. The van der Waals surface area contributed by atoms with Crippen molar-refractivity contribution in [1.29, 1.82) is 0 Å². The first-order valence-electron chi connectivity index (χ1n) is 4.95. The van der Waals surface area contributed by atoms with Crippen molar-refractivity contribution in [2.24, 2.45) is 0 Å². The zero-order chi connectivity index (χ0) is 13.9. The summed E-state index contributed by atoms with van der Waals surface area (Å²) in [6, 6.07) is 0. The molecule has 1 heterocycles. The van der Waals surface area contributed by atoms with Gasteiger partial charge in [-0.05, 0) is 6.92 Å². The lowest BCUT2D eigenvalue weighted by molar-refractivity contribution is -0.168. The number of ether oxygens (including phenoxy) is 1. The zero-order valence-corrected chi connectivity index (χ0v) is 10.5. The summed E-state index contributed by atoms with van der Waals surface area (Å²) < 4.78 is 53.2. The molecule has 0 fully saturated rings. The highest BCUT2D eigenvalue weighted by Gasteiger charge is 2.41. The minimum atomic E-state index is -4.17. The Hall–Kier alpha value is -1.02. The Morgan fingerprint density at radius 3 is 2.56 bits per heavy atom. The van der Waals surface area contributed by atoms with Crippen LogP contribution in [0.5, 0.6) is 0 Å². The maximum Gasteiger partial charge on any atom is 0.330 e. The van der Waals surface area contributed by atoms with Crippen molar-refractivity contribution >= 4 is 17.1 Å². The first kappa shape index (κ1) is 15.0. The molecule has 8 heteroatoms. The summed E-state index contributed by atoms with van der Waals surface area (Å²) in [6.07, 6.45) is -3.76. The minimum absolute atomic E-state index is 0.186. The molecule has 1 rings (SSSR count). The third-order valence-electron chi connectivity index (χ3n) is 2.00. The van der Waals surface area contributed by atoms with Crippen molar-refractivity contribution in [2.45, 2.75) is 32.8 Å². The van der Waals surface area contributed by atoms with Gasteiger partial charge in [-0.25, -0.2) is 13.8 Å². The van der Waals surface area contributed by atoms with Crippen LogP contribution in [0.4, 0.5) is 17.6 Å². The fourth-order valence-electron chi connectivity index (χ4n) is 1.18. The Bertz CT molecular complexity index is 434. The topological polar surface area (TPSA) is 39.2 Å². The first-order chi connectivity index (χ1) is 8.24. The number of alkyl halides is 4. The van der Waals surface area contributed by atoms with Crippen LogP contribution in [0, 0.1) is 6.92 Å². The number of aromatic nitrogens is 1. The van der Waals surface area contributed by atoms with Gasteiger partial charge in [0.2, 0.25) is 0 Å². The standard InChI is InChI=1S/C10H11F4NO2S/c1-5-8(6(2)16)18-7(15-5)3-17-4-10(13,14)9(11)12/h9H,3-4H2,1-2H3. The van der Waals surface area contributed by atoms with E-state index in [4.69, 9.17) is 0 Å². The molecule has 1 aromatic heterocycles. The second-order valence-electron chi connectivity index (χ2n) is 3.63. The Morgan fingerprint density at radius 1 is 1.50 bits per heavy atom. The SMILES string of the molecule is CC(=O)c1sc(COCC(F)(F)C(F)F)nc1C. The lowest BCUT2D eigenvalue weighted by Crippen LogP contribution is -2.32. The molecule has 0 spiro atoms. The van der Waals surface area contributed by atoms with Gasteiger partial charge < -0.3 is 4.74 Å². The summed E-state index contributed by atoms with van der Waals surface area (Å²) in [5, 5.41) is 0.308. The number of hydrogen-bond donors (Lipinski definition) is 0. The van der Waals surface area contributed by atoms with Gasteiger partial charge in [0.1, 0.15) is 11.6 Å². The third-order valence-corrected chi connectivity index (χ3v) is 3.23. The van der Waals surface area contributed by atoms with Crippen LogP contribution in [-0.4, -0.2) is 29.7 Å². The summed E-state index contributed by atoms with van der Waals surface area (Å²) in [4.78, 5) is 15.5. The van der Waals surface area contributed by atoms with Crippen LogP contribution in [0.3, 0.4) is 0 Å². The van der Waals surface area contributed by atoms with Crippen molar-refractivity contribution < 1.29 is 27.1 Å². The molecule has 3 nitrogen and oxygen atoms in total. The molecule has 0 bridgehead atoms. The number of hydrogen-bond acceptors (Lipinski definition) is 4. The molecular formula is C10H11F4NO2S. The molecule has 0 aliphatic carbocycles. The number of carbonyl (C=O) groups excluding carboxylic acids is 1. The van der Waals surface area contributed by atoms with E-state index < -0.39 is 19.0 Å². The fraction of sp³-hybridized carbons (Fsp3) is 0.600. The smallest absolute Gasteiger partial charge is 0.330 e. The first-order valence-corrected chi connectivity index (χ1v) is 5.76. The molecule has 0 aliphatic heterocycles. The van der Waals surface area contributed by atoms with E-state index in [-0.39, 0.29) is 12.4 Å². The molecule has 0 amide bonds. The summed E-state index contributed by atoms with van der Waals surface area (Å²) in [7, 11) is 0. The molecule has 0 N–H and O–H groups in total. The van der Waals surface area contributed by atoms with Crippen molar-refractivity contribution in [2.75, 3.05) is 6.61 Å². The lowest BCUT2D eigenvalue weighted by Gasteiger charge is -2.14. The predicted octanol–water partition coefficient (Wildman–Crippen LogP) is 3.07. The number of thiazole rings is 1. The normalized spacial score (nSPS) is 12.2. The Kier molecular flexibility index (Phi) is 4.80. The maximum absolute atomic E-state index is 12.5. The molecule has 0 saturated heterocycles. The molecule has 0 unspecified atom stereocenters. The van der Waals surface area contributed by atoms with Crippen molar-refractivity contribution in [3.63, 3.8) is 0 Å². The monoisotopic (exact) mass is 285 g/mol. The average molecular weight is 285 g/mol. The summed E-state index contributed by atoms with van der Waals surface area (Å²) in [5.41, 5.74) is 0.478. The number of nitrogens with zero attached hydrogens (tertiary/aromatic N) is 1. The van der Waals surface area contributed by atoms with Crippen LogP contribution in [0.15, 0.2) is 0 Å². The third kappa shape index (κ3) is 3.74. The van der Waals surface area contributed by atoms with Gasteiger partial charge in [0.25, 0.3) is 0 Å². The molecule has 0 radical (unpaired) electrons. The Morgan fingerprint density at radius 2 is 2.11 bits per heavy atom. The second-order valence-corrected chi connectivity index (χ2v) is 4.72.